The smallest absolute Gasteiger partial charge is 0.264 e. The highest BCUT2D eigenvalue weighted by atomic mass is 32.2. The number of hydrogen-bond donors (Lipinski definition) is 0. The van der Waals surface area contributed by atoms with Gasteiger partial charge < -0.3 is 23.7 Å². The lowest BCUT2D eigenvalue weighted by Crippen LogP contribution is -2.14. The second kappa shape index (κ2) is 15.6. The van der Waals surface area contributed by atoms with Crippen molar-refractivity contribution in [2.24, 2.45) is 0 Å². The van der Waals surface area contributed by atoms with Gasteiger partial charge in [0.25, 0.3) is 10.1 Å². The van der Waals surface area contributed by atoms with E-state index >= 15 is 0 Å². The van der Waals surface area contributed by atoms with Crippen molar-refractivity contribution in [2.75, 3.05) is 79.4 Å². The summed E-state index contributed by atoms with van der Waals surface area (Å²) in [5, 5.41) is 0. The molecule has 0 aromatic heterocycles. The van der Waals surface area contributed by atoms with Gasteiger partial charge in [-0.25, -0.2) is 0 Å². The molecule has 8 nitrogen and oxygen atoms in total. The highest BCUT2D eigenvalue weighted by Crippen LogP contribution is 1.88. The van der Waals surface area contributed by atoms with Crippen LogP contribution in [0.4, 0.5) is 0 Å². The van der Waals surface area contributed by atoms with Crippen molar-refractivity contribution in [1.82, 2.24) is 0 Å². The van der Waals surface area contributed by atoms with Crippen molar-refractivity contribution < 1.29 is 36.3 Å². The van der Waals surface area contributed by atoms with E-state index in [2.05, 4.69) is 4.18 Å². The fraction of sp³-hybridized carbons (Fsp3) is 1.00. The van der Waals surface area contributed by atoms with Gasteiger partial charge in [-0.05, 0) is 6.42 Å². The second-order valence-electron chi connectivity index (χ2n) is 4.32. The van der Waals surface area contributed by atoms with E-state index in [1.54, 1.807) is 7.11 Å². The van der Waals surface area contributed by atoms with Crippen LogP contribution < -0.4 is 0 Å². The monoisotopic (exact) mass is 344 g/mol. The maximum atomic E-state index is 10.6. The van der Waals surface area contributed by atoms with Gasteiger partial charge in [0, 0.05) is 20.3 Å². The Balaban J connectivity index is 3.03. The fourth-order valence-electron chi connectivity index (χ4n) is 1.31. The van der Waals surface area contributed by atoms with Gasteiger partial charge >= 0.3 is 0 Å². The van der Waals surface area contributed by atoms with Crippen LogP contribution in [0.1, 0.15) is 6.42 Å². The van der Waals surface area contributed by atoms with Gasteiger partial charge in [-0.3, -0.25) is 4.18 Å². The lowest BCUT2D eigenvalue weighted by molar-refractivity contribution is -0.00578. The predicted molar refractivity (Wildman–Crippen MR) is 80.6 cm³/mol. The van der Waals surface area contributed by atoms with Crippen molar-refractivity contribution in [2.45, 2.75) is 6.42 Å². The molecule has 9 heteroatoms. The molecule has 134 valence electrons. The Hall–Kier alpha value is -0.290. The fourth-order valence-corrected chi connectivity index (χ4v) is 1.68. The standard InChI is InChI=1S/C13H28O8S/c1-16-4-3-5-17-6-7-18-8-9-19-10-11-20-12-13-21-22(2,14)15/h3-13H2,1-2H3. The molecule has 0 heterocycles. The highest BCUT2D eigenvalue weighted by Gasteiger charge is 2.00. The molecular formula is C13H28O8S. The molecule has 0 saturated carbocycles. The zero-order valence-corrected chi connectivity index (χ0v) is 14.3. The largest absolute Gasteiger partial charge is 0.385 e. The van der Waals surface area contributed by atoms with Crippen molar-refractivity contribution in [3.05, 3.63) is 0 Å². The molecule has 0 N–H and O–H groups in total. The summed E-state index contributed by atoms with van der Waals surface area (Å²) in [6, 6.07) is 0. The Morgan fingerprint density at radius 1 is 0.636 bits per heavy atom. The van der Waals surface area contributed by atoms with Crippen LogP contribution in [0.3, 0.4) is 0 Å². The molecule has 0 rings (SSSR count). The summed E-state index contributed by atoms with van der Waals surface area (Å²) in [6.07, 6.45) is 1.88. The summed E-state index contributed by atoms with van der Waals surface area (Å²) in [4.78, 5) is 0. The van der Waals surface area contributed by atoms with Crippen LogP contribution in [0.15, 0.2) is 0 Å². The van der Waals surface area contributed by atoms with E-state index in [9.17, 15) is 8.42 Å². The first-order valence-electron chi connectivity index (χ1n) is 7.20. The Labute approximate surface area is 133 Å². The van der Waals surface area contributed by atoms with Crippen LogP contribution in [-0.4, -0.2) is 87.9 Å². The summed E-state index contributed by atoms with van der Waals surface area (Å²) in [5.74, 6) is 0. The predicted octanol–water partition coefficient (Wildman–Crippen LogP) is 0.0655. The summed E-state index contributed by atoms with van der Waals surface area (Å²) < 4.78 is 51.8. The van der Waals surface area contributed by atoms with Crippen molar-refractivity contribution in [3.63, 3.8) is 0 Å². The average Bonchev–Trinajstić information content (AvgIpc) is 2.45. The molecule has 0 aliphatic rings. The third kappa shape index (κ3) is 19.7. The van der Waals surface area contributed by atoms with E-state index < -0.39 is 10.1 Å². The zero-order chi connectivity index (χ0) is 16.5. The van der Waals surface area contributed by atoms with Crippen LogP contribution in [0.25, 0.3) is 0 Å². The minimum absolute atomic E-state index is 0.0202. The van der Waals surface area contributed by atoms with Gasteiger partial charge in [-0.2, -0.15) is 8.42 Å². The minimum atomic E-state index is -3.39. The topological polar surface area (TPSA) is 89.5 Å². The first-order chi connectivity index (χ1) is 10.6. The quantitative estimate of drug-likeness (QED) is 0.270. The van der Waals surface area contributed by atoms with Gasteiger partial charge in [0.1, 0.15) is 0 Å². The molecule has 0 radical (unpaired) electrons. The molecule has 0 aromatic carbocycles. The number of methoxy groups -OCH3 is 1. The Morgan fingerprint density at radius 2 is 1.05 bits per heavy atom. The van der Waals surface area contributed by atoms with Gasteiger partial charge in [0.2, 0.25) is 0 Å². The normalized spacial score (nSPS) is 11.9. The van der Waals surface area contributed by atoms with E-state index in [-0.39, 0.29) is 13.2 Å². The van der Waals surface area contributed by atoms with Gasteiger partial charge in [0.05, 0.1) is 59.1 Å². The molecule has 0 aliphatic carbocycles. The molecule has 0 atom stereocenters. The molecule has 0 bridgehead atoms. The summed E-state index contributed by atoms with van der Waals surface area (Å²) in [6.45, 7) is 4.50. The van der Waals surface area contributed by atoms with Crippen LogP contribution in [0.5, 0.6) is 0 Å². The Morgan fingerprint density at radius 3 is 1.45 bits per heavy atom. The van der Waals surface area contributed by atoms with E-state index in [4.69, 9.17) is 23.7 Å². The van der Waals surface area contributed by atoms with E-state index in [1.165, 1.54) is 0 Å². The third-order valence-corrected chi connectivity index (χ3v) is 2.87. The highest BCUT2D eigenvalue weighted by molar-refractivity contribution is 7.85. The summed E-state index contributed by atoms with van der Waals surface area (Å²) in [5.41, 5.74) is 0. The van der Waals surface area contributed by atoms with Crippen LogP contribution in [0, 0.1) is 0 Å². The average molecular weight is 344 g/mol. The van der Waals surface area contributed by atoms with Gasteiger partial charge in [-0.15, -0.1) is 0 Å². The van der Waals surface area contributed by atoms with Crippen LogP contribution >= 0.6 is 0 Å². The van der Waals surface area contributed by atoms with Crippen molar-refractivity contribution >= 4 is 10.1 Å². The molecule has 0 saturated heterocycles. The number of rotatable bonds is 17. The molecule has 0 aromatic rings. The van der Waals surface area contributed by atoms with E-state index in [1.807, 2.05) is 0 Å². The number of hydrogen-bond acceptors (Lipinski definition) is 8. The lowest BCUT2D eigenvalue weighted by Gasteiger charge is -2.07. The molecule has 22 heavy (non-hydrogen) atoms. The minimum Gasteiger partial charge on any atom is -0.385 e. The summed E-state index contributed by atoms with van der Waals surface area (Å²) >= 11 is 0. The number of ether oxygens (including phenoxy) is 5. The van der Waals surface area contributed by atoms with Crippen LogP contribution in [0.2, 0.25) is 0 Å². The SMILES string of the molecule is COCCCOCCOCCOCCOCCOS(C)(=O)=O. The zero-order valence-electron chi connectivity index (χ0n) is 13.5. The third-order valence-electron chi connectivity index (χ3n) is 2.28. The van der Waals surface area contributed by atoms with Crippen molar-refractivity contribution in [1.29, 1.82) is 0 Å². The lowest BCUT2D eigenvalue weighted by atomic mass is 10.5. The molecular weight excluding hydrogens is 316 g/mol. The Bertz CT molecular complexity index is 320. The van der Waals surface area contributed by atoms with Crippen LogP contribution in [-0.2, 0) is 38.0 Å². The first kappa shape index (κ1) is 21.7. The molecule has 0 aliphatic heterocycles. The molecule has 0 spiro atoms. The molecule has 0 fully saturated rings. The molecule has 0 amide bonds. The van der Waals surface area contributed by atoms with Gasteiger partial charge in [0.15, 0.2) is 0 Å². The first-order valence-corrected chi connectivity index (χ1v) is 9.02. The Kier molecular flexibility index (Phi) is 15.4. The van der Waals surface area contributed by atoms with E-state index in [0.29, 0.717) is 52.9 Å². The van der Waals surface area contributed by atoms with Gasteiger partial charge in [-0.1, -0.05) is 0 Å². The summed E-state index contributed by atoms with van der Waals surface area (Å²) in [7, 11) is -1.72. The van der Waals surface area contributed by atoms with Crippen molar-refractivity contribution in [3.8, 4) is 0 Å². The second-order valence-corrected chi connectivity index (χ2v) is 5.97. The van der Waals surface area contributed by atoms with E-state index in [0.717, 1.165) is 12.7 Å². The molecule has 0 unspecified atom stereocenters. The maximum Gasteiger partial charge on any atom is 0.264 e. The maximum absolute atomic E-state index is 10.6.